The number of fused-ring (bicyclic) bond motifs is 2. The zero-order chi connectivity index (χ0) is 22.9. The summed E-state index contributed by atoms with van der Waals surface area (Å²) < 4.78 is 16.8. The fourth-order valence-corrected chi connectivity index (χ4v) is 3.67. The predicted octanol–water partition coefficient (Wildman–Crippen LogP) is 4.50. The van der Waals surface area contributed by atoms with Crippen molar-refractivity contribution in [1.82, 2.24) is 4.98 Å². The van der Waals surface area contributed by atoms with E-state index >= 15 is 0 Å². The fraction of sp³-hybridized carbons (Fsp3) is 0.125. The highest BCUT2D eigenvalue weighted by atomic mass is 35.5. The summed E-state index contributed by atoms with van der Waals surface area (Å²) in [6.07, 6.45) is 1.55. The van der Waals surface area contributed by atoms with E-state index in [1.54, 1.807) is 61.7 Å². The van der Waals surface area contributed by atoms with Gasteiger partial charge in [0.1, 0.15) is 5.56 Å². The molecule has 2 aromatic carbocycles. The third-order valence-electron chi connectivity index (χ3n) is 5.17. The lowest BCUT2D eigenvalue weighted by Crippen LogP contribution is -2.22. The largest absolute Gasteiger partial charge is 0.454 e. The first-order valence-corrected chi connectivity index (χ1v) is 10.4. The molecule has 1 amide bonds. The number of hydrogen-bond acceptors (Lipinski definition) is 7. The minimum absolute atomic E-state index is 0.0749. The smallest absolute Gasteiger partial charge is 0.261 e. The van der Waals surface area contributed by atoms with Crippen molar-refractivity contribution < 1.29 is 23.8 Å². The summed E-state index contributed by atoms with van der Waals surface area (Å²) in [5.74, 6) is 0.708. The normalized spacial score (nSPS) is 12.9. The van der Waals surface area contributed by atoms with Crippen LogP contribution in [-0.2, 0) is 6.61 Å². The zero-order valence-electron chi connectivity index (χ0n) is 17.5. The van der Waals surface area contributed by atoms with Gasteiger partial charge in [0.15, 0.2) is 17.1 Å². The van der Waals surface area contributed by atoms with E-state index in [1.807, 2.05) is 0 Å². The quantitative estimate of drug-likeness (QED) is 0.461. The van der Waals surface area contributed by atoms with E-state index < -0.39 is 5.91 Å². The molecule has 0 fully saturated rings. The van der Waals surface area contributed by atoms with Crippen molar-refractivity contribution in [2.45, 2.75) is 13.5 Å². The highest BCUT2D eigenvalue weighted by Gasteiger charge is 2.18. The zero-order valence-corrected chi connectivity index (χ0v) is 18.2. The standard InChI is InChI=1S/C24H18ClN3O5/c1-13-22-16(14(11-29)10-26-13)9-17(23(30)28-19-5-3-2-4-18(19)25)24(33-22)27-15-6-7-20-21(8-15)32-12-31-20/h2-10,29H,11-12H2,1H3,(H,28,30). The van der Waals surface area contributed by atoms with Crippen LogP contribution in [-0.4, -0.2) is 22.8 Å². The van der Waals surface area contributed by atoms with Crippen LogP contribution in [0.1, 0.15) is 21.6 Å². The lowest BCUT2D eigenvalue weighted by atomic mass is 10.1. The summed E-state index contributed by atoms with van der Waals surface area (Å²) in [7, 11) is 0. The SMILES string of the molecule is Cc1ncc(CO)c2cc(C(=O)Nc3ccccc3Cl)c(=Nc3ccc4c(c3)OCO4)oc12. The molecule has 5 rings (SSSR count). The number of pyridine rings is 1. The molecule has 0 atom stereocenters. The molecule has 2 aromatic heterocycles. The van der Waals surface area contributed by atoms with Crippen LogP contribution in [0.3, 0.4) is 0 Å². The lowest BCUT2D eigenvalue weighted by Gasteiger charge is -2.10. The number of rotatable bonds is 4. The van der Waals surface area contributed by atoms with Gasteiger partial charge in [-0.05, 0) is 37.3 Å². The minimum Gasteiger partial charge on any atom is -0.454 e. The highest BCUT2D eigenvalue weighted by molar-refractivity contribution is 6.33. The maximum absolute atomic E-state index is 13.3. The van der Waals surface area contributed by atoms with Crippen molar-refractivity contribution in [2.24, 2.45) is 4.99 Å². The highest BCUT2D eigenvalue weighted by Crippen LogP contribution is 2.35. The van der Waals surface area contributed by atoms with Crippen LogP contribution in [0, 0.1) is 6.92 Å². The third-order valence-corrected chi connectivity index (χ3v) is 5.50. The summed E-state index contributed by atoms with van der Waals surface area (Å²) in [6, 6.07) is 13.7. The molecule has 0 unspecified atom stereocenters. The maximum atomic E-state index is 13.3. The number of nitrogens with zero attached hydrogens (tertiary/aromatic N) is 2. The van der Waals surface area contributed by atoms with Gasteiger partial charge in [-0.25, -0.2) is 4.99 Å². The Bertz CT molecular complexity index is 1460. The Hall–Kier alpha value is -3.88. The number of carbonyl (C=O) groups excluding carboxylic acids is 1. The topological polar surface area (TPSA) is 106 Å². The molecule has 0 aliphatic carbocycles. The monoisotopic (exact) mass is 463 g/mol. The van der Waals surface area contributed by atoms with E-state index in [1.165, 1.54) is 0 Å². The minimum atomic E-state index is -0.466. The molecule has 8 nitrogen and oxygen atoms in total. The number of carbonyl (C=O) groups is 1. The van der Waals surface area contributed by atoms with Gasteiger partial charge in [0.25, 0.3) is 5.91 Å². The van der Waals surface area contributed by atoms with Crippen molar-refractivity contribution in [3.63, 3.8) is 0 Å². The Morgan fingerprint density at radius 1 is 1.18 bits per heavy atom. The second-order valence-corrected chi connectivity index (χ2v) is 7.73. The molecule has 1 aliphatic heterocycles. The number of aromatic nitrogens is 1. The van der Waals surface area contributed by atoms with E-state index in [4.69, 9.17) is 25.5 Å². The van der Waals surface area contributed by atoms with Crippen molar-refractivity contribution >= 4 is 39.9 Å². The molecule has 0 spiro atoms. The number of hydrogen-bond donors (Lipinski definition) is 2. The van der Waals surface area contributed by atoms with Gasteiger partial charge < -0.3 is 24.3 Å². The number of aliphatic hydroxyl groups excluding tert-OH is 1. The first kappa shape index (κ1) is 21.0. The van der Waals surface area contributed by atoms with Gasteiger partial charge in [-0.15, -0.1) is 0 Å². The number of anilines is 1. The molecule has 166 valence electrons. The van der Waals surface area contributed by atoms with Crippen LogP contribution in [0.2, 0.25) is 5.02 Å². The molecule has 0 saturated heterocycles. The molecule has 3 heterocycles. The predicted molar refractivity (Wildman–Crippen MR) is 122 cm³/mol. The maximum Gasteiger partial charge on any atom is 0.261 e. The van der Waals surface area contributed by atoms with Gasteiger partial charge in [-0.1, -0.05) is 23.7 Å². The number of amides is 1. The van der Waals surface area contributed by atoms with E-state index in [9.17, 15) is 9.90 Å². The molecule has 1 aliphatic rings. The number of aliphatic hydroxyl groups is 1. The molecule has 4 aromatic rings. The first-order valence-electron chi connectivity index (χ1n) is 10.1. The number of nitrogens with one attached hydrogen (secondary N) is 1. The third kappa shape index (κ3) is 4.02. The Kier molecular flexibility index (Phi) is 5.45. The number of aryl methyl sites for hydroxylation is 1. The number of ether oxygens (including phenoxy) is 2. The Morgan fingerprint density at radius 2 is 2.00 bits per heavy atom. The molecule has 0 radical (unpaired) electrons. The first-order chi connectivity index (χ1) is 16.0. The lowest BCUT2D eigenvalue weighted by molar-refractivity contribution is 0.102. The van der Waals surface area contributed by atoms with Gasteiger partial charge in [0.05, 0.1) is 28.7 Å². The summed E-state index contributed by atoms with van der Waals surface area (Å²) in [6.45, 7) is 1.66. The van der Waals surface area contributed by atoms with E-state index in [0.717, 1.165) is 0 Å². The number of para-hydroxylation sites is 1. The van der Waals surface area contributed by atoms with Crippen LogP contribution in [0.25, 0.3) is 11.0 Å². The van der Waals surface area contributed by atoms with Crippen LogP contribution < -0.4 is 20.3 Å². The molecule has 33 heavy (non-hydrogen) atoms. The molecule has 9 heteroatoms. The van der Waals surface area contributed by atoms with E-state index in [-0.39, 0.29) is 24.5 Å². The average molecular weight is 464 g/mol. The van der Waals surface area contributed by atoms with Crippen molar-refractivity contribution in [1.29, 1.82) is 0 Å². The average Bonchev–Trinajstić information content (AvgIpc) is 3.29. The molecule has 2 N–H and O–H groups in total. The van der Waals surface area contributed by atoms with Gasteiger partial charge in [0.2, 0.25) is 12.3 Å². The van der Waals surface area contributed by atoms with E-state index in [2.05, 4.69) is 15.3 Å². The van der Waals surface area contributed by atoms with Crippen molar-refractivity contribution in [3.8, 4) is 11.5 Å². The van der Waals surface area contributed by atoms with Crippen LogP contribution in [0.5, 0.6) is 11.5 Å². The molecular weight excluding hydrogens is 446 g/mol. The van der Waals surface area contributed by atoms with Crippen LogP contribution in [0.15, 0.2) is 64.1 Å². The van der Waals surface area contributed by atoms with Crippen LogP contribution in [0.4, 0.5) is 11.4 Å². The second kappa shape index (κ2) is 8.57. The Labute approximate surface area is 193 Å². The van der Waals surface area contributed by atoms with Gasteiger partial charge in [-0.2, -0.15) is 0 Å². The summed E-state index contributed by atoms with van der Waals surface area (Å²) in [5.41, 5.74) is 2.76. The van der Waals surface area contributed by atoms with Gasteiger partial charge in [0, 0.05) is 23.2 Å². The molecular formula is C24H18ClN3O5. The molecule has 0 bridgehead atoms. The summed E-state index contributed by atoms with van der Waals surface area (Å²) >= 11 is 6.21. The Morgan fingerprint density at radius 3 is 2.82 bits per heavy atom. The number of benzene rings is 2. The summed E-state index contributed by atoms with van der Waals surface area (Å²) in [4.78, 5) is 22.1. The van der Waals surface area contributed by atoms with E-state index in [0.29, 0.717) is 50.1 Å². The van der Waals surface area contributed by atoms with Gasteiger partial charge in [-0.3, -0.25) is 9.78 Å². The fourth-order valence-electron chi connectivity index (χ4n) is 3.48. The van der Waals surface area contributed by atoms with Crippen molar-refractivity contribution in [2.75, 3.05) is 12.1 Å². The van der Waals surface area contributed by atoms with Crippen molar-refractivity contribution in [3.05, 3.63) is 82.1 Å². The molecule has 0 saturated carbocycles. The number of halogens is 1. The summed E-state index contributed by atoms with van der Waals surface area (Å²) in [5, 5.41) is 13.5. The van der Waals surface area contributed by atoms with Crippen LogP contribution >= 0.6 is 11.6 Å². The second-order valence-electron chi connectivity index (χ2n) is 7.32. The van der Waals surface area contributed by atoms with Gasteiger partial charge >= 0.3 is 0 Å². The Balaban J connectivity index is 1.70.